The van der Waals surface area contributed by atoms with Gasteiger partial charge in [-0.1, -0.05) is 39.5 Å². The molecule has 3 N–H and O–H groups in total. The van der Waals surface area contributed by atoms with E-state index >= 15 is 0 Å². The quantitative estimate of drug-likeness (QED) is 0.702. The number of nitrogens with two attached hydrogens (primary N) is 1. The van der Waals surface area contributed by atoms with E-state index < -0.39 is 17.8 Å². The fourth-order valence-corrected chi connectivity index (χ4v) is 2.46. The third-order valence-corrected chi connectivity index (χ3v) is 3.87. The van der Waals surface area contributed by atoms with Crippen LogP contribution in [0.25, 0.3) is 0 Å². The molecule has 0 aromatic heterocycles. The van der Waals surface area contributed by atoms with Gasteiger partial charge in [0.25, 0.3) is 0 Å². The Kier molecular flexibility index (Phi) is 6.52. The lowest BCUT2D eigenvalue weighted by Crippen LogP contribution is -2.12. The molecule has 2 nitrogen and oxygen atoms in total. The summed E-state index contributed by atoms with van der Waals surface area (Å²) in [7, 11) is 0. The molecule has 0 spiro atoms. The van der Waals surface area contributed by atoms with Gasteiger partial charge in [0.15, 0.2) is 0 Å². The molecule has 0 saturated heterocycles. The summed E-state index contributed by atoms with van der Waals surface area (Å²) in [5.41, 5.74) is 5.34. The number of hydrogen-bond donors (Lipinski definition) is 2. The number of hydrogen-bond acceptors (Lipinski definition) is 2. The minimum atomic E-state index is -4.42. The molecule has 0 aliphatic rings. The van der Waals surface area contributed by atoms with Gasteiger partial charge >= 0.3 is 6.18 Å². The predicted molar refractivity (Wildman–Crippen MR) is 78.7 cm³/mol. The molecule has 0 aliphatic heterocycles. The Morgan fingerprint density at radius 1 is 1.24 bits per heavy atom. The molecule has 0 aliphatic carbocycles. The highest BCUT2D eigenvalue weighted by Crippen LogP contribution is 2.35. The van der Waals surface area contributed by atoms with E-state index in [-0.39, 0.29) is 11.3 Å². The average molecular weight is 303 g/mol. The molecule has 5 heteroatoms. The van der Waals surface area contributed by atoms with E-state index in [4.69, 9.17) is 5.73 Å². The number of unbranched alkanes of at least 4 members (excludes halogenated alkanes) is 1. The number of nitrogen functional groups attached to an aromatic ring is 1. The number of aliphatic hydroxyl groups is 1. The molecular weight excluding hydrogens is 279 g/mol. The Hall–Kier alpha value is -1.23. The summed E-state index contributed by atoms with van der Waals surface area (Å²) >= 11 is 0. The molecule has 120 valence electrons. The second-order valence-corrected chi connectivity index (χ2v) is 5.51. The molecular formula is C16H24F3NO. The van der Waals surface area contributed by atoms with Crippen molar-refractivity contribution in [1.82, 2.24) is 0 Å². The summed E-state index contributed by atoms with van der Waals surface area (Å²) in [5.74, 6) is 0.300. The molecule has 0 heterocycles. The zero-order chi connectivity index (χ0) is 16.0. The number of aliphatic hydroxyl groups excluding tert-OH is 1. The lowest BCUT2D eigenvalue weighted by Gasteiger charge is -2.21. The molecule has 0 fully saturated rings. The SMILES string of the molecule is CCCCC(CC)CC(O)c1cc(C(F)(F)F)ccc1N. The van der Waals surface area contributed by atoms with E-state index in [9.17, 15) is 18.3 Å². The zero-order valence-corrected chi connectivity index (χ0v) is 12.6. The lowest BCUT2D eigenvalue weighted by atomic mass is 9.89. The molecule has 0 bridgehead atoms. The fraction of sp³-hybridized carbons (Fsp3) is 0.625. The van der Waals surface area contributed by atoms with E-state index in [1.54, 1.807) is 0 Å². The number of benzene rings is 1. The summed E-state index contributed by atoms with van der Waals surface area (Å²) in [6.45, 7) is 4.12. The molecule has 1 aromatic rings. The van der Waals surface area contributed by atoms with Crippen LogP contribution in [0.15, 0.2) is 18.2 Å². The second-order valence-electron chi connectivity index (χ2n) is 5.51. The van der Waals surface area contributed by atoms with Crippen LogP contribution < -0.4 is 5.73 Å². The van der Waals surface area contributed by atoms with Gasteiger partial charge in [0.1, 0.15) is 0 Å². The van der Waals surface area contributed by atoms with Gasteiger partial charge in [-0.15, -0.1) is 0 Å². The van der Waals surface area contributed by atoms with Gasteiger partial charge in [0, 0.05) is 11.3 Å². The summed E-state index contributed by atoms with van der Waals surface area (Å²) in [6, 6.07) is 3.13. The first-order valence-corrected chi connectivity index (χ1v) is 7.44. The predicted octanol–water partition coefficient (Wildman–Crippen LogP) is 4.93. The van der Waals surface area contributed by atoms with Crippen molar-refractivity contribution >= 4 is 5.69 Å². The Balaban J connectivity index is 2.88. The fourth-order valence-electron chi connectivity index (χ4n) is 2.46. The van der Waals surface area contributed by atoms with Crippen LogP contribution in [0.3, 0.4) is 0 Å². The molecule has 2 unspecified atom stereocenters. The van der Waals surface area contributed by atoms with Crippen molar-refractivity contribution in [2.45, 2.75) is 58.2 Å². The molecule has 2 atom stereocenters. The Labute approximate surface area is 124 Å². The third kappa shape index (κ3) is 5.23. The molecule has 1 aromatic carbocycles. The van der Waals surface area contributed by atoms with Gasteiger partial charge in [-0.05, 0) is 30.5 Å². The maximum Gasteiger partial charge on any atom is 0.416 e. The van der Waals surface area contributed by atoms with Crippen LogP contribution in [0.2, 0.25) is 0 Å². The minimum absolute atomic E-state index is 0.180. The van der Waals surface area contributed by atoms with Crippen LogP contribution >= 0.6 is 0 Å². The van der Waals surface area contributed by atoms with Crippen LogP contribution in [0.5, 0.6) is 0 Å². The summed E-state index contributed by atoms with van der Waals surface area (Å²) < 4.78 is 38.2. The summed E-state index contributed by atoms with van der Waals surface area (Å²) in [5, 5.41) is 10.2. The van der Waals surface area contributed by atoms with Crippen molar-refractivity contribution in [3.05, 3.63) is 29.3 Å². The minimum Gasteiger partial charge on any atom is -0.398 e. The van der Waals surface area contributed by atoms with Crippen LogP contribution in [0, 0.1) is 5.92 Å². The summed E-state index contributed by atoms with van der Waals surface area (Å²) in [4.78, 5) is 0. The normalized spacial score (nSPS) is 15.0. The van der Waals surface area contributed by atoms with Gasteiger partial charge in [0.05, 0.1) is 11.7 Å². The highest BCUT2D eigenvalue weighted by atomic mass is 19.4. The number of halogens is 3. The maximum atomic E-state index is 12.7. The van der Waals surface area contributed by atoms with Crippen molar-refractivity contribution in [2.24, 2.45) is 5.92 Å². The van der Waals surface area contributed by atoms with Crippen molar-refractivity contribution in [1.29, 1.82) is 0 Å². The van der Waals surface area contributed by atoms with Crippen molar-refractivity contribution in [3.8, 4) is 0 Å². The highest BCUT2D eigenvalue weighted by Gasteiger charge is 2.31. The van der Waals surface area contributed by atoms with E-state index in [2.05, 4.69) is 6.92 Å². The Bertz CT molecular complexity index is 446. The standard InChI is InChI=1S/C16H24F3NO/c1-3-5-6-11(4-2)9-15(21)13-10-12(16(17,18)19)7-8-14(13)20/h7-8,10-11,15,21H,3-6,9,20H2,1-2H3. The third-order valence-electron chi connectivity index (χ3n) is 3.87. The largest absolute Gasteiger partial charge is 0.416 e. The number of alkyl halides is 3. The van der Waals surface area contributed by atoms with E-state index in [1.807, 2.05) is 6.92 Å². The monoisotopic (exact) mass is 303 g/mol. The van der Waals surface area contributed by atoms with Gasteiger partial charge in [-0.25, -0.2) is 0 Å². The Morgan fingerprint density at radius 3 is 2.43 bits per heavy atom. The van der Waals surface area contributed by atoms with Crippen LogP contribution in [-0.4, -0.2) is 5.11 Å². The maximum absolute atomic E-state index is 12.7. The van der Waals surface area contributed by atoms with Gasteiger partial charge in [0.2, 0.25) is 0 Å². The van der Waals surface area contributed by atoms with Crippen molar-refractivity contribution < 1.29 is 18.3 Å². The van der Waals surface area contributed by atoms with Crippen molar-refractivity contribution in [2.75, 3.05) is 5.73 Å². The first-order valence-electron chi connectivity index (χ1n) is 7.44. The van der Waals surface area contributed by atoms with Gasteiger partial charge < -0.3 is 10.8 Å². The first-order chi connectivity index (χ1) is 9.79. The van der Waals surface area contributed by atoms with E-state index in [0.717, 1.165) is 37.8 Å². The summed E-state index contributed by atoms with van der Waals surface area (Å²) in [6.07, 6.45) is -0.925. The number of rotatable bonds is 7. The topological polar surface area (TPSA) is 46.2 Å². The van der Waals surface area contributed by atoms with Crippen molar-refractivity contribution in [3.63, 3.8) is 0 Å². The van der Waals surface area contributed by atoms with E-state index in [0.29, 0.717) is 12.3 Å². The first kappa shape index (κ1) is 17.8. The molecule has 0 amide bonds. The van der Waals surface area contributed by atoms with Gasteiger partial charge in [-0.2, -0.15) is 13.2 Å². The molecule has 21 heavy (non-hydrogen) atoms. The Morgan fingerprint density at radius 2 is 1.90 bits per heavy atom. The van der Waals surface area contributed by atoms with Crippen LogP contribution in [0.4, 0.5) is 18.9 Å². The molecule has 0 saturated carbocycles. The second kappa shape index (κ2) is 7.69. The average Bonchev–Trinajstić information content (AvgIpc) is 2.42. The molecule has 1 rings (SSSR count). The van der Waals surface area contributed by atoms with E-state index in [1.165, 1.54) is 6.07 Å². The van der Waals surface area contributed by atoms with Crippen LogP contribution in [0.1, 0.15) is 63.2 Å². The zero-order valence-electron chi connectivity index (χ0n) is 12.6. The number of anilines is 1. The molecule has 0 radical (unpaired) electrons. The lowest BCUT2D eigenvalue weighted by molar-refractivity contribution is -0.137. The highest BCUT2D eigenvalue weighted by molar-refractivity contribution is 5.50. The van der Waals surface area contributed by atoms with Gasteiger partial charge in [-0.3, -0.25) is 0 Å². The smallest absolute Gasteiger partial charge is 0.398 e. The van der Waals surface area contributed by atoms with Crippen LogP contribution in [-0.2, 0) is 6.18 Å².